The molecule has 1 amide bonds. The molecular formula is C11H20N2O3. The van der Waals surface area contributed by atoms with Gasteiger partial charge in [0.2, 0.25) is 5.91 Å². The van der Waals surface area contributed by atoms with Crippen molar-refractivity contribution in [2.24, 2.45) is 11.7 Å². The molecule has 0 bridgehead atoms. The normalized spacial score (nSPS) is 23.2. The van der Waals surface area contributed by atoms with E-state index in [0.29, 0.717) is 13.0 Å². The molecule has 2 atom stereocenters. The molecule has 0 radical (unpaired) electrons. The average Bonchev–Trinajstić information content (AvgIpc) is 2.26. The second-order valence-corrected chi connectivity index (χ2v) is 4.65. The predicted octanol–water partition coefficient (Wildman–Crippen LogP) is 0.435. The molecule has 1 rings (SSSR count). The second kappa shape index (κ2) is 5.30. The molecule has 5 heteroatoms. The van der Waals surface area contributed by atoms with E-state index >= 15 is 0 Å². The van der Waals surface area contributed by atoms with E-state index in [4.69, 9.17) is 10.8 Å². The lowest BCUT2D eigenvalue weighted by Gasteiger charge is -2.35. The maximum Gasteiger partial charge on any atom is 0.326 e. The summed E-state index contributed by atoms with van der Waals surface area (Å²) in [6.45, 7) is 4.24. The van der Waals surface area contributed by atoms with E-state index < -0.39 is 18.1 Å². The highest BCUT2D eigenvalue weighted by Gasteiger charge is 2.34. The number of carbonyl (C=O) groups is 2. The van der Waals surface area contributed by atoms with E-state index in [2.05, 4.69) is 0 Å². The first kappa shape index (κ1) is 13.0. The molecule has 0 saturated carbocycles. The average molecular weight is 228 g/mol. The van der Waals surface area contributed by atoms with Crippen molar-refractivity contribution >= 4 is 11.9 Å². The Morgan fingerprint density at radius 1 is 1.38 bits per heavy atom. The molecule has 92 valence electrons. The van der Waals surface area contributed by atoms with Crippen LogP contribution in [0.15, 0.2) is 0 Å². The molecule has 1 saturated heterocycles. The van der Waals surface area contributed by atoms with Gasteiger partial charge in [-0.15, -0.1) is 0 Å². The highest BCUT2D eigenvalue weighted by molar-refractivity contribution is 5.87. The topological polar surface area (TPSA) is 83.6 Å². The van der Waals surface area contributed by atoms with Gasteiger partial charge in [0.15, 0.2) is 0 Å². The van der Waals surface area contributed by atoms with Crippen LogP contribution in [0.4, 0.5) is 0 Å². The number of rotatable bonds is 3. The summed E-state index contributed by atoms with van der Waals surface area (Å²) in [5, 5.41) is 9.04. The zero-order valence-corrected chi connectivity index (χ0v) is 9.85. The van der Waals surface area contributed by atoms with Gasteiger partial charge in [0.25, 0.3) is 0 Å². The van der Waals surface area contributed by atoms with Crippen LogP contribution in [-0.2, 0) is 9.59 Å². The third-order valence-electron chi connectivity index (χ3n) is 3.07. The van der Waals surface area contributed by atoms with Crippen molar-refractivity contribution in [1.82, 2.24) is 4.90 Å². The van der Waals surface area contributed by atoms with E-state index in [1.165, 1.54) is 4.90 Å². The SMILES string of the molecule is CC(C)[C@H](N)C(=O)N1CCCC[C@H]1C(=O)O. The number of carboxylic acid groups (broad SMARTS) is 1. The highest BCUT2D eigenvalue weighted by Crippen LogP contribution is 2.19. The molecule has 1 aliphatic rings. The van der Waals surface area contributed by atoms with E-state index in [1.54, 1.807) is 0 Å². The van der Waals surface area contributed by atoms with Crippen molar-refractivity contribution in [1.29, 1.82) is 0 Å². The van der Waals surface area contributed by atoms with Crippen molar-refractivity contribution in [3.05, 3.63) is 0 Å². The zero-order chi connectivity index (χ0) is 12.3. The van der Waals surface area contributed by atoms with Crippen LogP contribution in [0.3, 0.4) is 0 Å². The summed E-state index contributed by atoms with van der Waals surface area (Å²) in [4.78, 5) is 24.4. The largest absolute Gasteiger partial charge is 0.480 e. The fourth-order valence-corrected chi connectivity index (χ4v) is 1.93. The third kappa shape index (κ3) is 2.72. The van der Waals surface area contributed by atoms with Crippen molar-refractivity contribution in [3.63, 3.8) is 0 Å². The van der Waals surface area contributed by atoms with E-state index in [9.17, 15) is 9.59 Å². The van der Waals surface area contributed by atoms with Gasteiger partial charge >= 0.3 is 5.97 Å². The van der Waals surface area contributed by atoms with Crippen LogP contribution in [0.5, 0.6) is 0 Å². The number of carboxylic acids is 1. The number of carbonyl (C=O) groups excluding carboxylic acids is 1. The highest BCUT2D eigenvalue weighted by atomic mass is 16.4. The minimum atomic E-state index is -0.927. The Bertz CT molecular complexity index is 278. The van der Waals surface area contributed by atoms with Gasteiger partial charge in [-0.05, 0) is 25.2 Å². The quantitative estimate of drug-likeness (QED) is 0.734. The minimum Gasteiger partial charge on any atom is -0.480 e. The first-order valence-electron chi connectivity index (χ1n) is 5.74. The maximum atomic E-state index is 12.0. The Kier molecular flexibility index (Phi) is 4.29. The van der Waals surface area contributed by atoms with E-state index in [1.807, 2.05) is 13.8 Å². The molecule has 5 nitrogen and oxygen atoms in total. The van der Waals surface area contributed by atoms with Crippen molar-refractivity contribution in [2.45, 2.75) is 45.2 Å². The summed E-state index contributed by atoms with van der Waals surface area (Å²) in [7, 11) is 0. The number of hydrogen-bond acceptors (Lipinski definition) is 3. The number of likely N-dealkylation sites (tertiary alicyclic amines) is 1. The number of piperidine rings is 1. The van der Waals surface area contributed by atoms with Gasteiger partial charge in [0, 0.05) is 6.54 Å². The van der Waals surface area contributed by atoms with Gasteiger partial charge in [-0.25, -0.2) is 4.79 Å². The number of amides is 1. The molecule has 1 aliphatic heterocycles. The standard InChI is InChI=1S/C11H20N2O3/c1-7(2)9(12)10(14)13-6-4-3-5-8(13)11(15)16/h7-9H,3-6,12H2,1-2H3,(H,15,16)/t8-,9-/m0/s1. The fourth-order valence-electron chi connectivity index (χ4n) is 1.93. The fraction of sp³-hybridized carbons (Fsp3) is 0.818. The first-order valence-corrected chi connectivity index (χ1v) is 5.74. The molecule has 16 heavy (non-hydrogen) atoms. The summed E-state index contributed by atoms with van der Waals surface area (Å²) in [5.41, 5.74) is 5.77. The Labute approximate surface area is 95.6 Å². The van der Waals surface area contributed by atoms with E-state index in [-0.39, 0.29) is 11.8 Å². The molecule has 3 N–H and O–H groups in total. The Hall–Kier alpha value is -1.10. The Morgan fingerprint density at radius 2 is 2.00 bits per heavy atom. The van der Waals surface area contributed by atoms with Crippen LogP contribution < -0.4 is 5.73 Å². The molecule has 0 aliphatic carbocycles. The van der Waals surface area contributed by atoms with Gasteiger partial charge in [0.1, 0.15) is 6.04 Å². The molecule has 0 aromatic rings. The molecule has 0 aromatic carbocycles. The van der Waals surface area contributed by atoms with Gasteiger partial charge in [0.05, 0.1) is 6.04 Å². The third-order valence-corrected chi connectivity index (χ3v) is 3.07. The maximum absolute atomic E-state index is 12.0. The lowest BCUT2D eigenvalue weighted by atomic mass is 9.98. The molecule has 0 unspecified atom stereocenters. The Balaban J connectivity index is 2.75. The molecule has 1 fully saturated rings. The summed E-state index contributed by atoms with van der Waals surface area (Å²) in [6, 6.07) is -1.29. The van der Waals surface area contributed by atoms with Crippen molar-refractivity contribution in [2.75, 3.05) is 6.54 Å². The van der Waals surface area contributed by atoms with Crippen LogP contribution in [0.1, 0.15) is 33.1 Å². The van der Waals surface area contributed by atoms with Gasteiger partial charge in [-0.1, -0.05) is 13.8 Å². The number of hydrogen-bond donors (Lipinski definition) is 2. The predicted molar refractivity (Wildman–Crippen MR) is 59.8 cm³/mol. The lowest BCUT2D eigenvalue weighted by Crippen LogP contribution is -2.54. The van der Waals surface area contributed by atoms with Gasteiger partial charge in [-0.2, -0.15) is 0 Å². The van der Waals surface area contributed by atoms with Crippen molar-refractivity contribution < 1.29 is 14.7 Å². The smallest absolute Gasteiger partial charge is 0.326 e. The summed E-state index contributed by atoms with van der Waals surface area (Å²) in [6.07, 6.45) is 2.25. The molecule has 1 heterocycles. The molecule has 0 aromatic heterocycles. The molecular weight excluding hydrogens is 208 g/mol. The lowest BCUT2D eigenvalue weighted by molar-refractivity contribution is -0.153. The number of aliphatic carboxylic acids is 1. The van der Waals surface area contributed by atoms with Crippen LogP contribution >= 0.6 is 0 Å². The summed E-state index contributed by atoms with van der Waals surface area (Å²) >= 11 is 0. The summed E-state index contributed by atoms with van der Waals surface area (Å²) < 4.78 is 0. The minimum absolute atomic E-state index is 0.0314. The van der Waals surface area contributed by atoms with Crippen LogP contribution in [0.25, 0.3) is 0 Å². The zero-order valence-electron chi connectivity index (χ0n) is 9.85. The monoisotopic (exact) mass is 228 g/mol. The Morgan fingerprint density at radius 3 is 2.50 bits per heavy atom. The summed E-state index contributed by atoms with van der Waals surface area (Å²) in [5.74, 6) is -1.13. The van der Waals surface area contributed by atoms with Crippen LogP contribution in [0.2, 0.25) is 0 Å². The molecule has 0 spiro atoms. The number of nitrogens with two attached hydrogens (primary N) is 1. The van der Waals surface area contributed by atoms with Crippen molar-refractivity contribution in [3.8, 4) is 0 Å². The van der Waals surface area contributed by atoms with Crippen LogP contribution in [0, 0.1) is 5.92 Å². The second-order valence-electron chi connectivity index (χ2n) is 4.65. The van der Waals surface area contributed by atoms with Gasteiger partial charge < -0.3 is 15.7 Å². The number of nitrogens with zero attached hydrogens (tertiary/aromatic N) is 1. The van der Waals surface area contributed by atoms with Crippen LogP contribution in [-0.4, -0.2) is 40.5 Å². The van der Waals surface area contributed by atoms with Gasteiger partial charge in [-0.3, -0.25) is 4.79 Å². The first-order chi connectivity index (χ1) is 7.45. The van der Waals surface area contributed by atoms with E-state index in [0.717, 1.165) is 12.8 Å².